The van der Waals surface area contributed by atoms with Gasteiger partial charge in [-0.2, -0.15) is 0 Å². The van der Waals surface area contributed by atoms with Crippen molar-refractivity contribution < 1.29 is 23.8 Å². The van der Waals surface area contributed by atoms with E-state index in [1.165, 1.54) is 6.42 Å². The highest BCUT2D eigenvalue weighted by Gasteiger charge is 2.21. The molecular weight excluding hydrogens is 406 g/mol. The smallest absolute Gasteiger partial charge is 0.407 e. The summed E-state index contributed by atoms with van der Waals surface area (Å²) in [6.45, 7) is 5.58. The van der Waals surface area contributed by atoms with Gasteiger partial charge in [-0.05, 0) is 69.7 Å². The monoisotopic (exact) mass is 439 g/mol. The van der Waals surface area contributed by atoms with E-state index in [0.29, 0.717) is 11.3 Å². The van der Waals surface area contributed by atoms with Gasteiger partial charge in [0.15, 0.2) is 0 Å². The van der Waals surface area contributed by atoms with E-state index in [2.05, 4.69) is 5.32 Å². The Labute approximate surface area is 190 Å². The number of ether oxygens (including phenoxy) is 3. The lowest BCUT2D eigenvalue weighted by molar-refractivity contribution is 0.0428. The molecule has 0 spiro atoms. The van der Waals surface area contributed by atoms with Crippen molar-refractivity contribution in [3.8, 4) is 16.9 Å². The van der Waals surface area contributed by atoms with E-state index in [9.17, 15) is 9.59 Å². The summed E-state index contributed by atoms with van der Waals surface area (Å²) in [5.41, 5.74) is 1.86. The number of nitrogens with one attached hydrogen (secondary N) is 1. The average Bonchev–Trinajstić information content (AvgIpc) is 2.77. The van der Waals surface area contributed by atoms with Crippen LogP contribution in [0.2, 0.25) is 0 Å². The third kappa shape index (κ3) is 7.29. The molecule has 0 saturated heterocycles. The number of alkyl carbamates (subject to hydrolysis) is 1. The van der Waals surface area contributed by atoms with Crippen molar-refractivity contribution in [2.45, 2.75) is 64.6 Å². The summed E-state index contributed by atoms with van der Waals surface area (Å²) in [6, 6.07) is 15.6. The van der Waals surface area contributed by atoms with Crippen LogP contribution < -0.4 is 10.1 Å². The van der Waals surface area contributed by atoms with Crippen molar-refractivity contribution in [2.24, 2.45) is 0 Å². The number of esters is 1. The fourth-order valence-corrected chi connectivity index (χ4v) is 3.65. The Bertz CT molecular complexity index is 898. The molecule has 3 rings (SSSR count). The minimum absolute atomic E-state index is 0.0430. The molecule has 0 bridgehead atoms. The van der Waals surface area contributed by atoms with Crippen LogP contribution in [0.4, 0.5) is 4.79 Å². The Morgan fingerprint density at radius 2 is 1.69 bits per heavy atom. The SMILES string of the molecule is CC(C)(C)OC(=O)NCCOC(=O)c1ccc(-c2ccccc2)cc1OC1CCCCC1. The number of carbonyl (C=O) groups is 2. The summed E-state index contributed by atoms with van der Waals surface area (Å²) in [5, 5.41) is 2.59. The van der Waals surface area contributed by atoms with Crippen LogP contribution >= 0.6 is 0 Å². The third-order valence-corrected chi connectivity index (χ3v) is 5.16. The third-order valence-electron chi connectivity index (χ3n) is 5.16. The van der Waals surface area contributed by atoms with Gasteiger partial charge in [0.2, 0.25) is 0 Å². The lowest BCUT2D eigenvalue weighted by Gasteiger charge is -2.24. The number of amides is 1. The highest BCUT2D eigenvalue weighted by molar-refractivity contribution is 5.93. The molecule has 6 nitrogen and oxygen atoms in total. The molecule has 2 aromatic rings. The molecule has 0 unspecified atom stereocenters. The molecule has 1 aliphatic carbocycles. The van der Waals surface area contributed by atoms with Gasteiger partial charge in [0.1, 0.15) is 23.5 Å². The van der Waals surface area contributed by atoms with Gasteiger partial charge in [0.25, 0.3) is 0 Å². The largest absolute Gasteiger partial charge is 0.490 e. The molecule has 0 radical (unpaired) electrons. The van der Waals surface area contributed by atoms with Crippen LogP contribution in [0.15, 0.2) is 48.5 Å². The van der Waals surface area contributed by atoms with E-state index in [0.717, 1.165) is 36.8 Å². The number of hydrogen-bond acceptors (Lipinski definition) is 5. The number of hydrogen-bond donors (Lipinski definition) is 1. The fourth-order valence-electron chi connectivity index (χ4n) is 3.65. The Balaban J connectivity index is 1.66. The summed E-state index contributed by atoms with van der Waals surface area (Å²) >= 11 is 0. The number of benzene rings is 2. The zero-order valence-electron chi connectivity index (χ0n) is 19.2. The predicted molar refractivity (Wildman–Crippen MR) is 124 cm³/mol. The summed E-state index contributed by atoms with van der Waals surface area (Å²) in [6.07, 6.45) is 5.05. The maximum Gasteiger partial charge on any atom is 0.407 e. The Morgan fingerprint density at radius 3 is 2.38 bits per heavy atom. The highest BCUT2D eigenvalue weighted by Crippen LogP contribution is 2.31. The normalized spacial score (nSPS) is 14.5. The lowest BCUT2D eigenvalue weighted by Crippen LogP contribution is -2.34. The second kappa shape index (κ2) is 11.0. The maximum absolute atomic E-state index is 12.8. The van der Waals surface area contributed by atoms with Crippen molar-refractivity contribution in [1.82, 2.24) is 5.32 Å². The molecule has 172 valence electrons. The van der Waals surface area contributed by atoms with E-state index in [1.807, 2.05) is 42.5 Å². The fraction of sp³-hybridized carbons (Fsp3) is 0.462. The molecule has 0 atom stereocenters. The van der Waals surface area contributed by atoms with Gasteiger partial charge in [-0.25, -0.2) is 9.59 Å². The molecule has 0 heterocycles. The first kappa shape index (κ1) is 23.6. The van der Waals surface area contributed by atoms with Crippen molar-refractivity contribution in [2.75, 3.05) is 13.2 Å². The van der Waals surface area contributed by atoms with E-state index >= 15 is 0 Å². The number of rotatable bonds is 7. The molecule has 1 saturated carbocycles. The Morgan fingerprint density at radius 1 is 0.969 bits per heavy atom. The molecule has 1 fully saturated rings. The van der Waals surface area contributed by atoms with E-state index in [4.69, 9.17) is 14.2 Å². The Kier molecular flexibility index (Phi) is 8.14. The first-order chi connectivity index (χ1) is 15.3. The van der Waals surface area contributed by atoms with Crippen LogP contribution in [0.1, 0.15) is 63.2 Å². The summed E-state index contributed by atoms with van der Waals surface area (Å²) < 4.78 is 16.9. The van der Waals surface area contributed by atoms with Crippen molar-refractivity contribution in [1.29, 1.82) is 0 Å². The standard InChI is InChI=1S/C26H33NO5/c1-26(2,3)32-25(29)27-16-17-30-24(28)22-15-14-20(19-10-6-4-7-11-19)18-23(22)31-21-12-8-5-9-13-21/h4,6-7,10-11,14-15,18,21H,5,8-9,12-13,16-17H2,1-3H3,(H,27,29). The predicted octanol–water partition coefficient (Wildman–Crippen LogP) is 5.75. The first-order valence-electron chi connectivity index (χ1n) is 11.3. The molecule has 0 aromatic heterocycles. The summed E-state index contributed by atoms with van der Waals surface area (Å²) in [7, 11) is 0. The molecular formula is C26H33NO5. The lowest BCUT2D eigenvalue weighted by atomic mass is 9.97. The van der Waals surface area contributed by atoms with E-state index < -0.39 is 17.7 Å². The van der Waals surface area contributed by atoms with Gasteiger partial charge in [-0.3, -0.25) is 0 Å². The van der Waals surface area contributed by atoms with Crippen LogP contribution in [0.5, 0.6) is 5.75 Å². The van der Waals surface area contributed by atoms with Crippen molar-refractivity contribution in [3.05, 3.63) is 54.1 Å². The van der Waals surface area contributed by atoms with Crippen LogP contribution in [0.25, 0.3) is 11.1 Å². The minimum atomic E-state index is -0.577. The average molecular weight is 440 g/mol. The second-order valence-corrected chi connectivity index (χ2v) is 9.02. The second-order valence-electron chi connectivity index (χ2n) is 9.02. The van der Waals surface area contributed by atoms with Crippen molar-refractivity contribution in [3.63, 3.8) is 0 Å². The zero-order chi connectivity index (χ0) is 23.0. The molecule has 2 aromatic carbocycles. The van der Waals surface area contributed by atoms with Gasteiger partial charge >= 0.3 is 12.1 Å². The van der Waals surface area contributed by atoms with Crippen molar-refractivity contribution >= 4 is 12.1 Å². The van der Waals surface area contributed by atoms with E-state index in [-0.39, 0.29) is 19.3 Å². The van der Waals surface area contributed by atoms with Crippen LogP contribution in [-0.4, -0.2) is 36.9 Å². The molecule has 32 heavy (non-hydrogen) atoms. The van der Waals surface area contributed by atoms with Crippen LogP contribution in [0, 0.1) is 0 Å². The number of carbonyl (C=O) groups excluding carboxylic acids is 2. The molecule has 1 amide bonds. The maximum atomic E-state index is 12.8. The highest BCUT2D eigenvalue weighted by atomic mass is 16.6. The summed E-state index contributed by atoms with van der Waals surface area (Å²) in [4.78, 5) is 24.5. The summed E-state index contributed by atoms with van der Waals surface area (Å²) in [5.74, 6) is 0.0739. The van der Waals surface area contributed by atoms with Gasteiger partial charge < -0.3 is 19.5 Å². The quantitative estimate of drug-likeness (QED) is 0.439. The van der Waals surface area contributed by atoms with Gasteiger partial charge in [0.05, 0.1) is 12.6 Å². The van der Waals surface area contributed by atoms with Crippen LogP contribution in [0.3, 0.4) is 0 Å². The first-order valence-corrected chi connectivity index (χ1v) is 11.3. The molecule has 0 aliphatic heterocycles. The van der Waals surface area contributed by atoms with Gasteiger partial charge in [0, 0.05) is 0 Å². The van der Waals surface area contributed by atoms with Gasteiger partial charge in [-0.15, -0.1) is 0 Å². The van der Waals surface area contributed by atoms with Gasteiger partial charge in [-0.1, -0.05) is 42.8 Å². The van der Waals surface area contributed by atoms with E-state index in [1.54, 1.807) is 26.8 Å². The minimum Gasteiger partial charge on any atom is -0.490 e. The molecule has 1 aliphatic rings. The van der Waals surface area contributed by atoms with Crippen LogP contribution in [-0.2, 0) is 9.47 Å². The molecule has 1 N–H and O–H groups in total. The Hall–Kier alpha value is -3.02. The zero-order valence-corrected chi connectivity index (χ0v) is 19.2. The topological polar surface area (TPSA) is 73.9 Å². The molecule has 6 heteroatoms.